The fourth-order valence-corrected chi connectivity index (χ4v) is 2.70. The molecule has 108 valence electrons. The van der Waals surface area contributed by atoms with Gasteiger partial charge in [0.25, 0.3) is 0 Å². The van der Waals surface area contributed by atoms with E-state index >= 15 is 0 Å². The number of aromatic nitrogens is 2. The summed E-state index contributed by atoms with van der Waals surface area (Å²) in [6.45, 7) is 6.82. The number of aryl methyl sites for hydroxylation is 2. The van der Waals surface area contributed by atoms with Gasteiger partial charge >= 0.3 is 0 Å². The Kier molecular flexibility index (Phi) is 4.83. The van der Waals surface area contributed by atoms with Crippen molar-refractivity contribution in [2.24, 2.45) is 0 Å². The maximum atomic E-state index is 5.23. The van der Waals surface area contributed by atoms with Gasteiger partial charge < -0.3 is 14.6 Å². The van der Waals surface area contributed by atoms with E-state index in [9.17, 15) is 0 Å². The SMILES string of the molecule is COCC(C)n1cc(C)nc1Nc1ccc(C)cc1Br. The van der Waals surface area contributed by atoms with E-state index < -0.39 is 0 Å². The van der Waals surface area contributed by atoms with E-state index in [1.165, 1.54) is 5.56 Å². The smallest absolute Gasteiger partial charge is 0.207 e. The summed E-state index contributed by atoms with van der Waals surface area (Å²) in [7, 11) is 1.71. The predicted octanol–water partition coefficient (Wildman–Crippen LogP) is 4.21. The minimum Gasteiger partial charge on any atom is -0.383 e. The monoisotopic (exact) mass is 337 g/mol. The fraction of sp³-hybridized carbons (Fsp3) is 0.400. The molecule has 0 spiro atoms. The van der Waals surface area contributed by atoms with E-state index in [1.807, 2.05) is 13.1 Å². The standard InChI is InChI=1S/C15H20BrN3O/c1-10-5-6-14(13(16)7-10)18-15-17-11(2)8-19(15)12(3)9-20-4/h5-8,12H,9H2,1-4H3,(H,17,18). The second-order valence-corrected chi connectivity index (χ2v) is 5.88. The number of anilines is 2. The van der Waals surface area contributed by atoms with Crippen molar-refractivity contribution in [3.63, 3.8) is 0 Å². The van der Waals surface area contributed by atoms with Crippen molar-refractivity contribution in [3.05, 3.63) is 40.1 Å². The molecule has 2 aromatic rings. The minimum atomic E-state index is 0.230. The lowest BCUT2D eigenvalue weighted by Crippen LogP contribution is -2.12. The first-order valence-electron chi connectivity index (χ1n) is 6.59. The summed E-state index contributed by atoms with van der Waals surface area (Å²) in [5, 5.41) is 3.38. The number of nitrogens with one attached hydrogen (secondary N) is 1. The summed E-state index contributed by atoms with van der Waals surface area (Å²) in [4.78, 5) is 4.55. The molecule has 0 bridgehead atoms. The maximum absolute atomic E-state index is 5.23. The second-order valence-electron chi connectivity index (χ2n) is 5.03. The number of imidazole rings is 1. The van der Waals surface area contributed by atoms with Gasteiger partial charge in [0.05, 0.1) is 24.0 Å². The summed E-state index contributed by atoms with van der Waals surface area (Å²) < 4.78 is 8.36. The van der Waals surface area contributed by atoms with Gasteiger partial charge in [-0.3, -0.25) is 0 Å². The zero-order chi connectivity index (χ0) is 14.7. The van der Waals surface area contributed by atoms with Gasteiger partial charge in [-0.1, -0.05) is 6.07 Å². The molecule has 0 saturated carbocycles. The first kappa shape index (κ1) is 15.1. The Bertz CT molecular complexity index is 595. The molecule has 0 fully saturated rings. The summed E-state index contributed by atoms with van der Waals surface area (Å²) in [6, 6.07) is 6.44. The quantitative estimate of drug-likeness (QED) is 0.887. The summed E-state index contributed by atoms with van der Waals surface area (Å²) in [5.41, 5.74) is 3.21. The van der Waals surface area contributed by atoms with E-state index in [0.29, 0.717) is 6.61 Å². The van der Waals surface area contributed by atoms with E-state index in [4.69, 9.17) is 4.74 Å². The zero-order valence-corrected chi connectivity index (χ0v) is 13.9. The van der Waals surface area contributed by atoms with Crippen molar-refractivity contribution in [1.82, 2.24) is 9.55 Å². The van der Waals surface area contributed by atoms with Crippen molar-refractivity contribution in [2.45, 2.75) is 26.8 Å². The highest BCUT2D eigenvalue weighted by molar-refractivity contribution is 9.10. The van der Waals surface area contributed by atoms with Crippen LogP contribution in [0.1, 0.15) is 24.2 Å². The van der Waals surface area contributed by atoms with Crippen molar-refractivity contribution >= 4 is 27.6 Å². The van der Waals surface area contributed by atoms with Gasteiger partial charge in [-0.25, -0.2) is 4.98 Å². The minimum absolute atomic E-state index is 0.230. The normalized spacial score (nSPS) is 12.4. The average Bonchev–Trinajstić information content (AvgIpc) is 2.74. The molecule has 20 heavy (non-hydrogen) atoms. The third-order valence-corrected chi connectivity index (χ3v) is 3.76. The Morgan fingerprint density at radius 1 is 1.40 bits per heavy atom. The van der Waals surface area contributed by atoms with Crippen LogP contribution in [0, 0.1) is 13.8 Å². The second kappa shape index (κ2) is 6.41. The highest BCUT2D eigenvalue weighted by Crippen LogP contribution is 2.27. The molecule has 1 N–H and O–H groups in total. The lowest BCUT2D eigenvalue weighted by molar-refractivity contribution is 0.163. The fourth-order valence-electron chi connectivity index (χ4n) is 2.11. The van der Waals surface area contributed by atoms with Gasteiger partial charge in [-0.15, -0.1) is 0 Å². The highest BCUT2D eigenvalue weighted by Gasteiger charge is 2.13. The number of hydrogen-bond donors (Lipinski definition) is 1. The maximum Gasteiger partial charge on any atom is 0.207 e. The van der Waals surface area contributed by atoms with Gasteiger partial charge in [0.2, 0.25) is 5.95 Å². The van der Waals surface area contributed by atoms with Gasteiger partial charge in [0.1, 0.15) is 0 Å². The molecule has 0 aliphatic heterocycles. The molecule has 1 unspecified atom stereocenters. The predicted molar refractivity (Wildman–Crippen MR) is 85.7 cm³/mol. The number of hydrogen-bond acceptors (Lipinski definition) is 3. The molecule has 0 aliphatic carbocycles. The molecule has 1 heterocycles. The molecule has 0 saturated heterocycles. The van der Waals surface area contributed by atoms with E-state index in [0.717, 1.165) is 21.8 Å². The average molecular weight is 338 g/mol. The van der Waals surface area contributed by atoms with Crippen LogP contribution in [-0.2, 0) is 4.74 Å². The van der Waals surface area contributed by atoms with E-state index in [-0.39, 0.29) is 6.04 Å². The molecule has 1 aromatic heterocycles. The molecule has 0 radical (unpaired) electrons. The highest BCUT2D eigenvalue weighted by atomic mass is 79.9. The van der Waals surface area contributed by atoms with Crippen LogP contribution in [0.25, 0.3) is 0 Å². The van der Waals surface area contributed by atoms with Crippen molar-refractivity contribution in [3.8, 4) is 0 Å². The van der Waals surface area contributed by atoms with Gasteiger partial charge in [0, 0.05) is 17.8 Å². The number of rotatable bonds is 5. The molecule has 4 nitrogen and oxygen atoms in total. The van der Waals surface area contributed by atoms with Crippen LogP contribution in [0.3, 0.4) is 0 Å². The van der Waals surface area contributed by atoms with Crippen molar-refractivity contribution in [1.29, 1.82) is 0 Å². The third-order valence-electron chi connectivity index (χ3n) is 3.11. The van der Waals surface area contributed by atoms with Crippen LogP contribution < -0.4 is 5.32 Å². The number of nitrogens with zero attached hydrogens (tertiary/aromatic N) is 2. The van der Waals surface area contributed by atoms with Gasteiger partial charge in [-0.05, 0) is 54.4 Å². The Balaban J connectivity index is 2.29. The van der Waals surface area contributed by atoms with Gasteiger partial charge in [-0.2, -0.15) is 0 Å². The molecular formula is C15H20BrN3O. The van der Waals surface area contributed by atoms with E-state index in [1.54, 1.807) is 7.11 Å². The van der Waals surface area contributed by atoms with Crippen LogP contribution in [0.2, 0.25) is 0 Å². The van der Waals surface area contributed by atoms with Gasteiger partial charge in [0.15, 0.2) is 0 Å². The Morgan fingerprint density at radius 2 is 2.15 bits per heavy atom. The topological polar surface area (TPSA) is 39.1 Å². The molecular weight excluding hydrogens is 318 g/mol. The molecule has 2 rings (SSSR count). The summed E-state index contributed by atoms with van der Waals surface area (Å²) in [6.07, 6.45) is 2.04. The Labute approximate surface area is 128 Å². The van der Waals surface area contributed by atoms with Crippen LogP contribution >= 0.6 is 15.9 Å². The third kappa shape index (κ3) is 3.41. The van der Waals surface area contributed by atoms with Crippen LogP contribution in [0.4, 0.5) is 11.6 Å². The largest absolute Gasteiger partial charge is 0.383 e. The Morgan fingerprint density at radius 3 is 2.80 bits per heavy atom. The summed E-state index contributed by atoms with van der Waals surface area (Å²) in [5.74, 6) is 0.830. The van der Waals surface area contributed by atoms with Crippen LogP contribution in [0.15, 0.2) is 28.9 Å². The van der Waals surface area contributed by atoms with Crippen molar-refractivity contribution < 1.29 is 4.74 Å². The lowest BCUT2D eigenvalue weighted by atomic mass is 10.2. The van der Waals surface area contributed by atoms with E-state index in [2.05, 4.69) is 62.8 Å². The van der Waals surface area contributed by atoms with Crippen LogP contribution in [0.5, 0.6) is 0 Å². The van der Waals surface area contributed by atoms with Crippen LogP contribution in [-0.4, -0.2) is 23.3 Å². The molecule has 0 aliphatic rings. The first-order valence-corrected chi connectivity index (χ1v) is 7.38. The molecule has 0 amide bonds. The number of ether oxygens (including phenoxy) is 1. The molecule has 5 heteroatoms. The lowest BCUT2D eigenvalue weighted by Gasteiger charge is -2.16. The number of halogens is 1. The molecule has 1 atom stereocenters. The molecule has 1 aromatic carbocycles. The van der Waals surface area contributed by atoms with Crippen molar-refractivity contribution in [2.75, 3.05) is 19.0 Å². The number of benzene rings is 1. The number of methoxy groups -OCH3 is 1. The summed E-state index contributed by atoms with van der Waals surface area (Å²) >= 11 is 3.58. The Hall–Kier alpha value is -1.33. The zero-order valence-electron chi connectivity index (χ0n) is 12.3. The first-order chi connectivity index (χ1) is 9.51.